The van der Waals surface area contributed by atoms with Crippen LogP contribution >= 0.6 is 11.3 Å². The molecule has 0 saturated heterocycles. The van der Waals surface area contributed by atoms with Gasteiger partial charge in [0, 0.05) is 17.1 Å². The molecular formula is C63H54F3N3O15S4. The summed E-state index contributed by atoms with van der Waals surface area (Å²) < 4.78 is 122. The molecule has 1 aromatic heterocycles. The van der Waals surface area contributed by atoms with Crippen molar-refractivity contribution in [2.45, 2.75) is 58.9 Å². The summed E-state index contributed by atoms with van der Waals surface area (Å²) >= 11 is 1.16. The number of aryl methyl sites for hydroxylation is 6. The lowest BCUT2D eigenvalue weighted by atomic mass is 10.00. The normalized spacial score (nSPS) is 11.4. The van der Waals surface area contributed by atoms with E-state index >= 15 is 0 Å². The van der Waals surface area contributed by atoms with Gasteiger partial charge in [-0.2, -0.15) is 0 Å². The Hall–Kier alpha value is -9.82. The van der Waals surface area contributed by atoms with Crippen LogP contribution in [0.3, 0.4) is 0 Å². The highest BCUT2D eigenvalue weighted by Gasteiger charge is 2.31. The van der Waals surface area contributed by atoms with E-state index in [2.05, 4.69) is 18.9 Å². The van der Waals surface area contributed by atoms with Crippen molar-refractivity contribution in [2.75, 3.05) is 14.2 Å². The Bertz CT molecular complexity index is 4230. The molecule has 0 spiro atoms. The first-order valence-corrected chi connectivity index (χ1v) is 31.6. The summed E-state index contributed by atoms with van der Waals surface area (Å²) in [4.78, 5) is 44.4. The van der Waals surface area contributed by atoms with Crippen LogP contribution in [0, 0.1) is 0 Å². The minimum absolute atomic E-state index is 0.00257. The molecule has 0 unspecified atom stereocenters. The summed E-state index contributed by atoms with van der Waals surface area (Å²) in [7, 11) is -11.4. The Kier molecular flexibility index (Phi) is 22.0. The topological polar surface area (TPSA) is 297 Å². The maximum absolute atomic E-state index is 12.5. The molecule has 0 fully saturated rings. The number of carboxylic acids is 4. The van der Waals surface area contributed by atoms with Crippen LogP contribution in [0.15, 0.2) is 226 Å². The van der Waals surface area contributed by atoms with Crippen molar-refractivity contribution >= 4 is 82.3 Å². The summed E-state index contributed by atoms with van der Waals surface area (Å²) in [6.07, 6.45) is -1.39. The number of aromatic carboxylic acids is 4. The van der Waals surface area contributed by atoms with E-state index in [0.29, 0.717) is 61.0 Å². The molecule has 7 N–H and O–H groups in total. The second kappa shape index (κ2) is 29.5. The first-order valence-electron chi connectivity index (χ1n) is 26.3. The van der Waals surface area contributed by atoms with Crippen molar-refractivity contribution in [3.8, 4) is 5.75 Å². The summed E-state index contributed by atoms with van der Waals surface area (Å²) in [5.74, 6) is -4.55. The van der Waals surface area contributed by atoms with Gasteiger partial charge < -0.3 is 25.2 Å². The molecule has 0 aliphatic heterocycles. The fraction of sp³-hybridized carbons (Fsp3) is 0.111. The van der Waals surface area contributed by atoms with Crippen LogP contribution in [0.25, 0.3) is 0 Å². The predicted octanol–water partition coefficient (Wildman–Crippen LogP) is 12.6. The fourth-order valence-electron chi connectivity index (χ4n) is 8.54. The number of ether oxygens (including phenoxy) is 1. The van der Waals surface area contributed by atoms with Gasteiger partial charge in [0.15, 0.2) is 0 Å². The Labute approximate surface area is 508 Å². The number of thiophene rings is 1. The second-order valence-electron chi connectivity index (χ2n) is 19.1. The number of hydrogen-bond acceptors (Lipinski definition) is 12. The molecule has 18 nitrogen and oxygen atoms in total. The molecule has 0 amide bonds. The first kappa shape index (κ1) is 65.7. The van der Waals surface area contributed by atoms with E-state index in [1.165, 1.54) is 30.3 Å². The number of carboxylic acid groups (broad SMARTS) is 4. The lowest BCUT2D eigenvalue weighted by Gasteiger charge is -2.11. The number of nitrogens with one attached hydrogen (secondary N) is 3. The minimum Gasteiger partial charge on any atom is -0.478 e. The SMILES string of the molecule is O=C(O)c1ccc(S(=O)(=O)Nc2ccc(CCc3ccccc3C(=O)O)cc2)cc1.O=C(O)c1ccccc1CCc1ccc(NS(=O)(=O)c2ccc(OC(F)(F)F)cc2)cc1.O=C(O)c1ccccc1CCc1ccc(NS(=O)(=O)c2cccs2)cc1. The maximum atomic E-state index is 12.5. The molecule has 9 aromatic rings. The molecule has 25 heteroatoms. The second-order valence-corrected chi connectivity index (χ2v) is 25.3. The van der Waals surface area contributed by atoms with Crippen molar-refractivity contribution in [1.82, 2.24) is 0 Å². The van der Waals surface area contributed by atoms with Gasteiger partial charge in [-0.15, -0.1) is 24.5 Å². The van der Waals surface area contributed by atoms with E-state index in [0.717, 1.165) is 63.4 Å². The van der Waals surface area contributed by atoms with Gasteiger partial charge in [0.05, 0.1) is 32.0 Å². The van der Waals surface area contributed by atoms with Crippen molar-refractivity contribution in [2.24, 2.45) is 0 Å². The van der Waals surface area contributed by atoms with Crippen LogP contribution in [0.2, 0.25) is 0 Å². The number of halogens is 3. The van der Waals surface area contributed by atoms with E-state index < -0.39 is 66.1 Å². The molecule has 0 atom stereocenters. The van der Waals surface area contributed by atoms with Gasteiger partial charge in [-0.25, -0.2) is 44.4 Å². The van der Waals surface area contributed by atoms with Gasteiger partial charge in [-0.3, -0.25) is 14.2 Å². The number of anilines is 3. The lowest BCUT2D eigenvalue weighted by Crippen LogP contribution is -2.17. The zero-order chi connectivity index (χ0) is 63.7. The van der Waals surface area contributed by atoms with Gasteiger partial charge in [0.1, 0.15) is 9.96 Å². The summed E-state index contributed by atoms with van der Waals surface area (Å²) in [6, 6.07) is 53.0. The predicted molar refractivity (Wildman–Crippen MR) is 325 cm³/mol. The highest BCUT2D eigenvalue weighted by atomic mass is 32.2. The van der Waals surface area contributed by atoms with E-state index in [4.69, 9.17) is 5.11 Å². The number of rotatable bonds is 23. The van der Waals surface area contributed by atoms with Crippen molar-refractivity contribution in [3.63, 3.8) is 0 Å². The Morgan fingerprint density at radius 2 is 0.716 bits per heavy atom. The third-order valence-corrected chi connectivity index (χ3v) is 18.5. The standard InChI is InChI=1S/C22H18F3NO5S.C22H19NO6S.C19H17NO4S2/c23-22(24,25)31-18-11-13-19(14-12-18)32(29,30)26-17-9-6-15(7-10-17)5-8-16-3-1-2-4-20(16)21(27)28;24-21(25)17-9-13-19(14-10-17)30(28,29)23-18-11-6-15(7-12-18)5-8-16-3-1-2-4-20(16)22(26)27;21-19(22)17-5-2-1-4-15(17)10-7-14-8-11-16(12-9-14)20-26(23,24)18-6-3-13-25-18/h1-4,6-7,9-14,26H,5,8H2,(H,27,28);1-4,6-7,9-14,23H,5,8H2,(H,24,25)(H,26,27);1-6,8-9,11-13,20H,7,10H2,(H,21,22). The number of benzene rings is 8. The van der Waals surface area contributed by atoms with Crippen molar-refractivity contribution < 1.29 is 82.8 Å². The van der Waals surface area contributed by atoms with E-state index in [1.54, 1.807) is 133 Å². The molecule has 88 heavy (non-hydrogen) atoms. The first-order chi connectivity index (χ1) is 41.7. The summed E-state index contributed by atoms with van der Waals surface area (Å²) in [5.41, 5.74) is 6.99. The number of hydrogen-bond donors (Lipinski definition) is 7. The van der Waals surface area contributed by atoms with Gasteiger partial charge in [0.25, 0.3) is 30.1 Å². The number of alkyl halides is 3. The van der Waals surface area contributed by atoms with Gasteiger partial charge in [0.2, 0.25) is 0 Å². The van der Waals surface area contributed by atoms with Gasteiger partial charge in [-0.05, 0) is 186 Å². The summed E-state index contributed by atoms with van der Waals surface area (Å²) in [5, 5.41) is 38.3. The van der Waals surface area contributed by atoms with Crippen LogP contribution < -0.4 is 18.9 Å². The van der Waals surface area contributed by atoms with Crippen LogP contribution in [-0.2, 0) is 68.6 Å². The smallest absolute Gasteiger partial charge is 0.478 e. The molecule has 1 heterocycles. The van der Waals surface area contributed by atoms with E-state index in [1.807, 2.05) is 24.3 Å². The van der Waals surface area contributed by atoms with Crippen LogP contribution in [-0.4, -0.2) is 75.9 Å². The van der Waals surface area contributed by atoms with Crippen molar-refractivity contribution in [3.05, 3.63) is 267 Å². The Morgan fingerprint density at radius 1 is 0.386 bits per heavy atom. The fourth-order valence-corrected chi connectivity index (χ4v) is 12.7. The molecule has 0 saturated carbocycles. The molecule has 0 bridgehead atoms. The largest absolute Gasteiger partial charge is 0.573 e. The Balaban J connectivity index is 0.000000189. The molecule has 0 aliphatic rings. The summed E-state index contributed by atoms with van der Waals surface area (Å²) in [6.45, 7) is 0. The van der Waals surface area contributed by atoms with E-state index in [9.17, 15) is 72.9 Å². The average molecular weight is 1280 g/mol. The lowest BCUT2D eigenvalue weighted by molar-refractivity contribution is -0.274. The molecule has 0 radical (unpaired) electrons. The minimum atomic E-state index is -4.86. The van der Waals surface area contributed by atoms with Gasteiger partial charge in [-0.1, -0.05) is 97.1 Å². The zero-order valence-corrected chi connectivity index (χ0v) is 49.3. The molecule has 0 aliphatic carbocycles. The van der Waals surface area contributed by atoms with Crippen LogP contribution in [0.4, 0.5) is 30.2 Å². The van der Waals surface area contributed by atoms with Gasteiger partial charge >= 0.3 is 30.2 Å². The number of carbonyl (C=O) groups is 4. The third kappa shape index (κ3) is 19.3. The van der Waals surface area contributed by atoms with Crippen LogP contribution in [0.1, 0.15) is 74.8 Å². The maximum Gasteiger partial charge on any atom is 0.573 e. The highest BCUT2D eigenvalue weighted by molar-refractivity contribution is 7.94. The quantitative estimate of drug-likeness (QED) is 0.0313. The van der Waals surface area contributed by atoms with Crippen molar-refractivity contribution in [1.29, 1.82) is 0 Å². The molecule has 456 valence electrons. The number of sulfonamides is 3. The molecule has 9 rings (SSSR count). The average Bonchev–Trinajstić information content (AvgIpc) is 2.78. The third-order valence-electron chi connectivity index (χ3n) is 12.9. The Morgan fingerprint density at radius 3 is 1.02 bits per heavy atom. The molecular weight excluding hydrogens is 1220 g/mol. The van der Waals surface area contributed by atoms with Crippen LogP contribution in [0.5, 0.6) is 5.75 Å². The molecule has 8 aromatic carbocycles. The monoisotopic (exact) mass is 1280 g/mol. The van der Waals surface area contributed by atoms with E-state index in [-0.39, 0.29) is 36.4 Å². The highest BCUT2D eigenvalue weighted by Crippen LogP contribution is 2.27. The zero-order valence-electron chi connectivity index (χ0n) is 46.0.